The van der Waals surface area contributed by atoms with Gasteiger partial charge in [0.25, 0.3) is 5.82 Å². The first-order chi connectivity index (χ1) is 7.95. The summed E-state index contributed by atoms with van der Waals surface area (Å²) >= 11 is 0. The summed E-state index contributed by atoms with van der Waals surface area (Å²) in [6.45, 7) is 6.62. The minimum atomic E-state index is -4.81. The lowest BCUT2D eigenvalue weighted by molar-refractivity contribution is -0.137. The molecule has 1 rings (SSSR count). The molecule has 0 N–H and O–H groups in total. The molecule has 84 valence electrons. The van der Waals surface area contributed by atoms with E-state index in [1.165, 1.54) is 6.07 Å². The van der Waals surface area contributed by atoms with Gasteiger partial charge >= 0.3 is 6.18 Å². The van der Waals surface area contributed by atoms with Crippen LogP contribution in [0, 0.1) is 29.2 Å². The average molecular weight is 236 g/mol. The van der Waals surface area contributed by atoms with Crippen molar-refractivity contribution < 1.29 is 13.2 Å². The van der Waals surface area contributed by atoms with E-state index in [0.717, 1.165) is 6.20 Å². The molecular weight excluding hydrogens is 233 g/mol. The number of nitriles is 2. The molecule has 0 saturated heterocycles. The molecule has 7 heteroatoms. The molecule has 0 spiro atoms. The van der Waals surface area contributed by atoms with Crippen LogP contribution in [0.15, 0.2) is 6.20 Å². The first kappa shape index (κ1) is 12.5. The monoisotopic (exact) mass is 236 g/mol. The number of alkyl halides is 3. The van der Waals surface area contributed by atoms with E-state index in [-0.39, 0.29) is 5.56 Å². The molecule has 0 aromatic carbocycles. The number of hydrogen-bond donors (Lipinski definition) is 0. The summed E-state index contributed by atoms with van der Waals surface area (Å²) in [5.74, 6) is -0.846. The fraction of sp³-hybridized carbons (Fsp3) is 0.200. The number of nitrogens with zero attached hydrogens (tertiary/aromatic N) is 4. The van der Waals surface area contributed by atoms with Crippen LogP contribution >= 0.6 is 0 Å². The van der Waals surface area contributed by atoms with Crippen molar-refractivity contribution in [3.05, 3.63) is 34.3 Å². The molecule has 0 atom stereocenters. The largest absolute Gasteiger partial charge is 0.409 e. The normalized spacial score (nSPS) is 10.1. The second-order valence-corrected chi connectivity index (χ2v) is 2.91. The molecule has 0 amide bonds. The highest BCUT2D eigenvalue weighted by molar-refractivity contribution is 5.56. The molecule has 1 heterocycles. The third-order valence-corrected chi connectivity index (χ3v) is 1.93. The SMILES string of the molecule is [C-]#[N+]c1ncc(C#N)c(CC#N)c1C(F)(F)F. The minimum Gasteiger partial charge on any atom is -0.360 e. The van der Waals surface area contributed by atoms with Gasteiger partial charge in [-0.15, -0.1) is 4.98 Å². The van der Waals surface area contributed by atoms with E-state index in [2.05, 4.69) is 9.83 Å². The van der Waals surface area contributed by atoms with E-state index in [4.69, 9.17) is 17.1 Å². The standard InChI is InChI=1S/C10H3F3N4/c1-16-9-8(10(11,12)13)7(2-3-14)6(4-15)5-17-9/h5H,2H2. The zero-order chi connectivity index (χ0) is 13.1. The quantitative estimate of drug-likeness (QED) is 0.704. The summed E-state index contributed by atoms with van der Waals surface area (Å²) < 4.78 is 38.2. The lowest BCUT2D eigenvalue weighted by Gasteiger charge is -2.12. The summed E-state index contributed by atoms with van der Waals surface area (Å²) in [6, 6.07) is 3.07. The maximum atomic E-state index is 12.7. The van der Waals surface area contributed by atoms with Gasteiger partial charge in [-0.25, -0.2) is 0 Å². The van der Waals surface area contributed by atoms with Crippen molar-refractivity contribution in [1.29, 1.82) is 10.5 Å². The lowest BCUT2D eigenvalue weighted by Crippen LogP contribution is -2.12. The van der Waals surface area contributed by atoms with Crippen LogP contribution in [0.3, 0.4) is 0 Å². The van der Waals surface area contributed by atoms with Crippen LogP contribution in [0.5, 0.6) is 0 Å². The Kier molecular flexibility index (Phi) is 3.31. The molecule has 0 unspecified atom stereocenters. The number of rotatable bonds is 1. The molecule has 1 aromatic rings. The Labute approximate surface area is 94.4 Å². The van der Waals surface area contributed by atoms with Crippen molar-refractivity contribution in [2.45, 2.75) is 12.6 Å². The molecular formula is C10H3F3N4. The van der Waals surface area contributed by atoms with Crippen molar-refractivity contribution in [3.8, 4) is 12.1 Å². The van der Waals surface area contributed by atoms with Gasteiger partial charge in [0.2, 0.25) is 0 Å². The molecule has 0 radical (unpaired) electrons. The van der Waals surface area contributed by atoms with Gasteiger partial charge in [0.1, 0.15) is 12.3 Å². The van der Waals surface area contributed by atoms with Gasteiger partial charge in [0, 0.05) is 0 Å². The molecule has 0 aliphatic carbocycles. The summed E-state index contributed by atoms with van der Waals surface area (Å²) in [5.41, 5.74) is -2.14. The molecule has 4 nitrogen and oxygen atoms in total. The summed E-state index contributed by atoms with van der Waals surface area (Å²) in [6.07, 6.45) is -4.54. The van der Waals surface area contributed by atoms with Crippen molar-refractivity contribution in [3.63, 3.8) is 0 Å². The molecule has 0 aliphatic heterocycles. The van der Waals surface area contributed by atoms with Gasteiger partial charge in [-0.05, 0) is 5.56 Å². The Bertz CT molecular complexity index is 569. The van der Waals surface area contributed by atoms with E-state index in [9.17, 15) is 13.2 Å². The smallest absolute Gasteiger partial charge is 0.360 e. The predicted octanol–water partition coefficient (Wildman–Crippen LogP) is 2.59. The van der Waals surface area contributed by atoms with Crippen LogP contribution in [0.25, 0.3) is 4.85 Å². The highest BCUT2D eigenvalue weighted by atomic mass is 19.4. The summed E-state index contributed by atoms with van der Waals surface area (Å²) in [7, 11) is 0. The van der Waals surface area contributed by atoms with Crippen LogP contribution in [0.4, 0.5) is 19.0 Å². The number of halogens is 3. The second-order valence-electron chi connectivity index (χ2n) is 2.91. The predicted molar refractivity (Wildman–Crippen MR) is 49.5 cm³/mol. The van der Waals surface area contributed by atoms with Gasteiger partial charge < -0.3 is 4.85 Å². The topological polar surface area (TPSA) is 64.8 Å². The Balaban J connectivity index is 3.69. The van der Waals surface area contributed by atoms with Crippen molar-refractivity contribution in [2.24, 2.45) is 0 Å². The molecule has 0 saturated carbocycles. The van der Waals surface area contributed by atoms with E-state index >= 15 is 0 Å². The highest BCUT2D eigenvalue weighted by Crippen LogP contribution is 2.38. The second kappa shape index (κ2) is 4.51. The van der Waals surface area contributed by atoms with E-state index in [1.54, 1.807) is 6.07 Å². The third kappa shape index (κ3) is 2.32. The lowest BCUT2D eigenvalue weighted by atomic mass is 10.0. The maximum absolute atomic E-state index is 12.7. The van der Waals surface area contributed by atoms with Crippen LogP contribution in [-0.4, -0.2) is 4.98 Å². The van der Waals surface area contributed by atoms with E-state index in [0.29, 0.717) is 0 Å². The molecule has 0 bridgehead atoms. The Morgan fingerprint density at radius 2 is 2.06 bits per heavy atom. The van der Waals surface area contributed by atoms with Gasteiger partial charge in [0.05, 0.1) is 23.6 Å². The van der Waals surface area contributed by atoms with E-state index < -0.39 is 29.5 Å². The highest BCUT2D eigenvalue weighted by Gasteiger charge is 2.38. The van der Waals surface area contributed by atoms with Crippen molar-refractivity contribution in [1.82, 2.24) is 4.98 Å². The molecule has 0 fully saturated rings. The molecule has 0 aliphatic rings. The number of hydrogen-bond acceptors (Lipinski definition) is 3. The van der Waals surface area contributed by atoms with Gasteiger partial charge in [-0.2, -0.15) is 23.7 Å². The Morgan fingerprint density at radius 1 is 1.41 bits per heavy atom. The van der Waals surface area contributed by atoms with Crippen molar-refractivity contribution in [2.75, 3.05) is 0 Å². The van der Waals surface area contributed by atoms with Crippen molar-refractivity contribution >= 4 is 5.82 Å². The van der Waals surface area contributed by atoms with Crippen LogP contribution in [0.1, 0.15) is 16.7 Å². The summed E-state index contributed by atoms with van der Waals surface area (Å²) in [4.78, 5) is 5.93. The minimum absolute atomic E-state index is 0.341. The zero-order valence-electron chi connectivity index (χ0n) is 8.21. The third-order valence-electron chi connectivity index (χ3n) is 1.93. The van der Waals surface area contributed by atoms with Crippen LogP contribution in [0.2, 0.25) is 0 Å². The average Bonchev–Trinajstić information content (AvgIpc) is 2.27. The fourth-order valence-corrected chi connectivity index (χ4v) is 1.28. The number of aromatic nitrogens is 1. The summed E-state index contributed by atoms with van der Waals surface area (Å²) in [5, 5.41) is 17.1. The maximum Gasteiger partial charge on any atom is 0.409 e. The molecule has 17 heavy (non-hydrogen) atoms. The van der Waals surface area contributed by atoms with Gasteiger partial charge in [-0.1, -0.05) is 6.57 Å². The van der Waals surface area contributed by atoms with E-state index in [1.807, 2.05) is 0 Å². The van der Waals surface area contributed by atoms with Gasteiger partial charge in [-0.3, -0.25) is 0 Å². The van der Waals surface area contributed by atoms with Crippen LogP contribution < -0.4 is 0 Å². The Morgan fingerprint density at radius 3 is 2.47 bits per heavy atom. The zero-order valence-corrected chi connectivity index (χ0v) is 8.21. The Hall–Kier alpha value is -2.59. The number of pyridine rings is 1. The van der Waals surface area contributed by atoms with Crippen LogP contribution in [-0.2, 0) is 12.6 Å². The first-order valence-corrected chi connectivity index (χ1v) is 4.19. The fourth-order valence-electron chi connectivity index (χ4n) is 1.28. The first-order valence-electron chi connectivity index (χ1n) is 4.19. The molecule has 1 aromatic heterocycles. The van der Waals surface area contributed by atoms with Gasteiger partial charge in [0.15, 0.2) is 0 Å².